The summed E-state index contributed by atoms with van der Waals surface area (Å²) in [5.41, 5.74) is 8.89. The van der Waals surface area contributed by atoms with Crippen LogP contribution in [0.1, 0.15) is 45.2 Å². The number of imidazole rings is 1. The molecule has 1 aliphatic heterocycles. The number of anilines is 1. The predicted molar refractivity (Wildman–Crippen MR) is 90.3 cm³/mol. The number of nitrogens with one attached hydrogen (secondary N) is 1. The summed E-state index contributed by atoms with van der Waals surface area (Å²) < 4.78 is 7.50. The van der Waals surface area contributed by atoms with Gasteiger partial charge < -0.3 is 15.8 Å². The molecular weight excluding hydrogens is 292 g/mol. The van der Waals surface area contributed by atoms with Gasteiger partial charge in [0.2, 0.25) is 0 Å². The molecule has 2 aromatic rings. The lowest BCUT2D eigenvalue weighted by Gasteiger charge is -2.15. The van der Waals surface area contributed by atoms with E-state index in [0.717, 1.165) is 44.5 Å². The van der Waals surface area contributed by atoms with Crippen LogP contribution in [0.15, 0.2) is 11.8 Å². The van der Waals surface area contributed by atoms with Crippen LogP contribution < -0.4 is 15.8 Å². The molecule has 0 spiro atoms. The maximum atomic E-state index is 6.01. The lowest BCUT2D eigenvalue weighted by molar-refractivity contribution is 0.189. The highest BCUT2D eigenvalue weighted by atomic mass is 16.5. The molecule has 7 nitrogen and oxygen atoms in total. The predicted octanol–water partition coefficient (Wildman–Crippen LogP) is 2.04. The van der Waals surface area contributed by atoms with Gasteiger partial charge in [0.15, 0.2) is 11.5 Å². The molecule has 0 bridgehead atoms. The average Bonchev–Trinajstić information content (AvgIpc) is 2.92. The van der Waals surface area contributed by atoms with E-state index >= 15 is 0 Å². The van der Waals surface area contributed by atoms with Crippen LogP contribution >= 0.6 is 0 Å². The van der Waals surface area contributed by atoms with Crippen molar-refractivity contribution in [1.82, 2.24) is 24.9 Å². The van der Waals surface area contributed by atoms with Gasteiger partial charge in [-0.1, -0.05) is 18.9 Å². The van der Waals surface area contributed by atoms with Crippen LogP contribution in [0.4, 0.5) is 5.82 Å². The van der Waals surface area contributed by atoms with Crippen molar-refractivity contribution in [3.05, 3.63) is 17.5 Å². The third-order valence-electron chi connectivity index (χ3n) is 3.99. The Hall–Kier alpha value is -2.15. The molecule has 7 heteroatoms. The van der Waals surface area contributed by atoms with E-state index in [1.165, 1.54) is 5.57 Å². The van der Waals surface area contributed by atoms with E-state index in [0.29, 0.717) is 17.5 Å². The number of rotatable bonds is 5. The SMILES string of the molecule is CCC[C@H](C)Oc1nc(N)c2ncc(C=C3CCNCC3)n2n1. The summed E-state index contributed by atoms with van der Waals surface area (Å²) in [5, 5.41) is 7.82. The molecule has 3 rings (SSSR count). The zero-order chi connectivity index (χ0) is 16.2. The van der Waals surface area contributed by atoms with Crippen LogP contribution in [0.3, 0.4) is 0 Å². The van der Waals surface area contributed by atoms with E-state index in [2.05, 4.69) is 33.4 Å². The third-order valence-corrected chi connectivity index (χ3v) is 3.99. The van der Waals surface area contributed by atoms with Crippen molar-refractivity contribution in [2.75, 3.05) is 18.8 Å². The monoisotopic (exact) mass is 316 g/mol. The van der Waals surface area contributed by atoms with Crippen LogP contribution in [-0.4, -0.2) is 38.8 Å². The van der Waals surface area contributed by atoms with Gasteiger partial charge in [-0.2, -0.15) is 4.98 Å². The summed E-state index contributed by atoms with van der Waals surface area (Å²) in [5.74, 6) is 0.341. The fraction of sp³-hybridized carbons (Fsp3) is 0.562. The Morgan fingerprint density at radius 3 is 2.96 bits per heavy atom. The maximum Gasteiger partial charge on any atom is 0.336 e. The van der Waals surface area contributed by atoms with E-state index in [4.69, 9.17) is 10.5 Å². The molecule has 0 unspecified atom stereocenters. The van der Waals surface area contributed by atoms with Gasteiger partial charge in [0.1, 0.15) is 0 Å². The van der Waals surface area contributed by atoms with E-state index in [9.17, 15) is 0 Å². The minimum atomic E-state index is 0.0617. The van der Waals surface area contributed by atoms with E-state index in [1.54, 1.807) is 10.7 Å². The minimum Gasteiger partial charge on any atom is -0.459 e. The molecular formula is C16H24N6O. The molecule has 1 aliphatic rings. The molecule has 124 valence electrons. The lowest BCUT2D eigenvalue weighted by atomic mass is 10.0. The Morgan fingerprint density at radius 1 is 1.43 bits per heavy atom. The van der Waals surface area contributed by atoms with Crippen LogP contribution in [0.2, 0.25) is 0 Å². The molecule has 2 aromatic heterocycles. The summed E-state index contributed by atoms with van der Waals surface area (Å²) in [6.45, 7) is 6.17. The van der Waals surface area contributed by atoms with Gasteiger partial charge in [-0.25, -0.2) is 9.50 Å². The zero-order valence-electron chi connectivity index (χ0n) is 13.7. The Kier molecular flexibility index (Phi) is 4.76. The number of nitrogens with zero attached hydrogens (tertiary/aromatic N) is 4. The Labute approximate surface area is 135 Å². The van der Waals surface area contributed by atoms with Crippen LogP contribution in [0, 0.1) is 0 Å². The molecule has 0 amide bonds. The van der Waals surface area contributed by atoms with Crippen LogP contribution in [-0.2, 0) is 0 Å². The molecule has 1 atom stereocenters. The standard InChI is InChI=1S/C16H24N6O/c1-3-4-11(2)23-16-20-14(17)15-19-10-13(22(15)21-16)9-12-5-7-18-8-6-12/h9-11,18H,3-8H2,1-2H3,(H2,17,20,21)/t11-/m0/s1. The van der Waals surface area contributed by atoms with E-state index in [-0.39, 0.29) is 6.10 Å². The van der Waals surface area contributed by atoms with Crippen molar-refractivity contribution in [2.45, 2.75) is 45.6 Å². The van der Waals surface area contributed by atoms with Gasteiger partial charge in [0, 0.05) is 0 Å². The number of fused-ring (bicyclic) bond motifs is 1. The molecule has 0 aromatic carbocycles. The number of nitrogen functional groups attached to an aromatic ring is 1. The number of hydrogen-bond acceptors (Lipinski definition) is 6. The second-order valence-electron chi connectivity index (χ2n) is 5.97. The molecule has 0 saturated carbocycles. The Morgan fingerprint density at radius 2 is 2.22 bits per heavy atom. The molecule has 0 radical (unpaired) electrons. The fourth-order valence-corrected chi connectivity index (χ4v) is 2.79. The molecule has 1 fully saturated rings. The van der Waals surface area contributed by atoms with Gasteiger partial charge in [-0.05, 0) is 45.4 Å². The molecule has 1 saturated heterocycles. The van der Waals surface area contributed by atoms with E-state index in [1.807, 2.05) is 6.92 Å². The van der Waals surface area contributed by atoms with Crippen molar-refractivity contribution < 1.29 is 4.74 Å². The number of ether oxygens (including phenoxy) is 1. The van der Waals surface area contributed by atoms with E-state index < -0.39 is 0 Å². The lowest BCUT2D eigenvalue weighted by Crippen LogP contribution is -2.23. The van der Waals surface area contributed by atoms with Crippen LogP contribution in [0.5, 0.6) is 6.01 Å². The fourth-order valence-electron chi connectivity index (χ4n) is 2.79. The second kappa shape index (κ2) is 6.95. The van der Waals surface area contributed by atoms with Crippen molar-refractivity contribution in [2.24, 2.45) is 0 Å². The van der Waals surface area contributed by atoms with Crippen molar-refractivity contribution in [3.63, 3.8) is 0 Å². The topological polar surface area (TPSA) is 90.4 Å². The highest BCUT2D eigenvalue weighted by Crippen LogP contribution is 2.20. The van der Waals surface area contributed by atoms with Gasteiger partial charge in [-0.15, -0.1) is 5.10 Å². The maximum absolute atomic E-state index is 6.01. The van der Waals surface area contributed by atoms with Gasteiger partial charge in [0.05, 0.1) is 18.0 Å². The average molecular weight is 316 g/mol. The van der Waals surface area contributed by atoms with Gasteiger partial charge in [0.25, 0.3) is 0 Å². The third kappa shape index (κ3) is 3.61. The highest BCUT2D eigenvalue weighted by molar-refractivity contribution is 5.63. The molecule has 0 aliphatic carbocycles. The quantitative estimate of drug-likeness (QED) is 0.877. The Bertz CT molecular complexity index is 700. The normalized spacial score (nSPS) is 16.5. The smallest absolute Gasteiger partial charge is 0.336 e. The summed E-state index contributed by atoms with van der Waals surface area (Å²) in [7, 11) is 0. The summed E-state index contributed by atoms with van der Waals surface area (Å²) in [6, 6.07) is 0.305. The largest absolute Gasteiger partial charge is 0.459 e. The molecule has 3 heterocycles. The van der Waals surface area contributed by atoms with Crippen molar-refractivity contribution in [3.8, 4) is 6.01 Å². The second-order valence-corrected chi connectivity index (χ2v) is 5.97. The van der Waals surface area contributed by atoms with Gasteiger partial charge >= 0.3 is 6.01 Å². The first-order chi connectivity index (χ1) is 11.2. The first-order valence-corrected chi connectivity index (χ1v) is 8.25. The van der Waals surface area contributed by atoms with Gasteiger partial charge in [-0.3, -0.25) is 0 Å². The highest BCUT2D eigenvalue weighted by Gasteiger charge is 2.14. The van der Waals surface area contributed by atoms with Crippen LogP contribution in [0.25, 0.3) is 11.7 Å². The summed E-state index contributed by atoms with van der Waals surface area (Å²) in [6.07, 6.45) is 8.09. The number of piperidine rings is 1. The summed E-state index contributed by atoms with van der Waals surface area (Å²) in [4.78, 5) is 8.55. The number of aromatic nitrogens is 4. The molecule has 3 N–H and O–H groups in total. The number of hydrogen-bond donors (Lipinski definition) is 2. The number of nitrogens with two attached hydrogens (primary N) is 1. The Balaban J connectivity index is 1.92. The minimum absolute atomic E-state index is 0.0617. The molecule has 23 heavy (non-hydrogen) atoms. The first kappa shape index (κ1) is 15.7. The first-order valence-electron chi connectivity index (χ1n) is 8.25. The zero-order valence-corrected chi connectivity index (χ0v) is 13.7. The summed E-state index contributed by atoms with van der Waals surface area (Å²) >= 11 is 0. The van der Waals surface area contributed by atoms with Crippen molar-refractivity contribution in [1.29, 1.82) is 0 Å². The van der Waals surface area contributed by atoms with Crippen molar-refractivity contribution >= 4 is 17.5 Å².